The molecule has 0 heterocycles. The number of fused-ring (bicyclic) bond motifs is 1. The average molecular weight is 218 g/mol. The molecule has 0 saturated heterocycles. The Balaban J connectivity index is 1.94. The Morgan fingerprint density at radius 3 is 2.19 bits per heavy atom. The minimum atomic E-state index is 0.0313. The first-order valence-corrected chi connectivity index (χ1v) is 6.42. The zero-order chi connectivity index (χ0) is 11.3. The van der Waals surface area contributed by atoms with Crippen LogP contribution in [0.3, 0.4) is 0 Å². The van der Waals surface area contributed by atoms with Crippen LogP contribution in [0.2, 0.25) is 0 Å². The average Bonchev–Trinajstić information content (AvgIpc) is 2.43. The van der Waals surface area contributed by atoms with Gasteiger partial charge in [0.05, 0.1) is 0 Å². The fourth-order valence-corrected chi connectivity index (χ4v) is 3.77. The number of aryl methyl sites for hydroxylation is 2. The molecule has 1 aromatic carbocycles. The van der Waals surface area contributed by atoms with Gasteiger partial charge in [0.2, 0.25) is 0 Å². The SMILES string of the molecule is Cc1cc(C)c(C2C[C@H]3CC[C@H]3C2)c(F)c1. The van der Waals surface area contributed by atoms with Crippen LogP contribution in [0.1, 0.15) is 48.3 Å². The van der Waals surface area contributed by atoms with Crippen molar-refractivity contribution in [3.63, 3.8) is 0 Å². The predicted molar refractivity (Wildman–Crippen MR) is 64.1 cm³/mol. The van der Waals surface area contributed by atoms with Crippen LogP contribution in [0.4, 0.5) is 4.39 Å². The van der Waals surface area contributed by atoms with E-state index in [1.807, 2.05) is 6.92 Å². The van der Waals surface area contributed by atoms with Crippen LogP contribution in [0, 0.1) is 31.5 Å². The highest BCUT2D eigenvalue weighted by molar-refractivity contribution is 5.35. The molecule has 0 amide bonds. The molecule has 0 radical (unpaired) electrons. The molecule has 2 saturated carbocycles. The summed E-state index contributed by atoms with van der Waals surface area (Å²) in [5.74, 6) is 2.34. The van der Waals surface area contributed by atoms with Gasteiger partial charge in [-0.2, -0.15) is 0 Å². The molecule has 16 heavy (non-hydrogen) atoms. The molecule has 3 atom stereocenters. The number of rotatable bonds is 1. The normalized spacial score (nSPS) is 32.3. The second-order valence-electron chi connectivity index (χ2n) is 5.74. The van der Waals surface area contributed by atoms with Gasteiger partial charge in [-0.3, -0.25) is 0 Å². The van der Waals surface area contributed by atoms with E-state index in [4.69, 9.17) is 0 Å². The maximum Gasteiger partial charge on any atom is 0.127 e. The van der Waals surface area contributed by atoms with Crippen LogP contribution < -0.4 is 0 Å². The summed E-state index contributed by atoms with van der Waals surface area (Å²) in [6, 6.07) is 3.82. The van der Waals surface area contributed by atoms with Crippen LogP contribution in [-0.4, -0.2) is 0 Å². The fraction of sp³-hybridized carbons (Fsp3) is 0.600. The lowest BCUT2D eigenvalue weighted by Crippen LogP contribution is -2.18. The largest absolute Gasteiger partial charge is 0.207 e. The van der Waals surface area contributed by atoms with E-state index in [0.717, 1.165) is 28.5 Å². The van der Waals surface area contributed by atoms with E-state index in [0.29, 0.717) is 5.92 Å². The monoisotopic (exact) mass is 218 g/mol. The van der Waals surface area contributed by atoms with Crippen LogP contribution in [0.5, 0.6) is 0 Å². The Morgan fingerprint density at radius 1 is 1.06 bits per heavy atom. The van der Waals surface area contributed by atoms with E-state index in [2.05, 4.69) is 13.0 Å². The van der Waals surface area contributed by atoms with E-state index in [9.17, 15) is 4.39 Å². The number of halogens is 1. The van der Waals surface area contributed by atoms with E-state index >= 15 is 0 Å². The number of hydrogen-bond acceptors (Lipinski definition) is 0. The maximum absolute atomic E-state index is 14.0. The first-order chi connectivity index (χ1) is 7.65. The molecule has 2 fully saturated rings. The molecule has 2 aliphatic carbocycles. The van der Waals surface area contributed by atoms with Crippen molar-refractivity contribution >= 4 is 0 Å². The predicted octanol–water partition coefficient (Wildman–Crippen LogP) is 4.35. The Hall–Kier alpha value is -0.850. The quantitative estimate of drug-likeness (QED) is 0.657. The molecule has 0 nitrogen and oxygen atoms in total. The lowest BCUT2D eigenvalue weighted by Gasteiger charge is -2.29. The molecule has 1 aromatic rings. The molecule has 2 aliphatic rings. The summed E-state index contributed by atoms with van der Waals surface area (Å²) in [5.41, 5.74) is 3.21. The third-order valence-corrected chi connectivity index (χ3v) is 4.64. The molecule has 0 N–H and O–H groups in total. The van der Waals surface area contributed by atoms with Gasteiger partial charge < -0.3 is 0 Å². The summed E-state index contributed by atoms with van der Waals surface area (Å²) in [7, 11) is 0. The lowest BCUT2D eigenvalue weighted by atomic mass is 9.77. The topological polar surface area (TPSA) is 0 Å². The molecule has 0 aromatic heterocycles. The first kappa shape index (κ1) is 10.3. The fourth-order valence-electron chi connectivity index (χ4n) is 3.77. The van der Waals surface area contributed by atoms with Gasteiger partial charge in [0.1, 0.15) is 5.82 Å². The zero-order valence-corrected chi connectivity index (χ0v) is 10.1. The van der Waals surface area contributed by atoms with Crippen molar-refractivity contribution in [2.45, 2.75) is 45.4 Å². The van der Waals surface area contributed by atoms with Gasteiger partial charge >= 0.3 is 0 Å². The molecule has 0 aliphatic heterocycles. The Labute approximate surface area is 96.9 Å². The number of benzene rings is 1. The van der Waals surface area contributed by atoms with Crippen molar-refractivity contribution < 1.29 is 4.39 Å². The molecular formula is C15H19F. The molecule has 1 heteroatoms. The number of hydrogen-bond donors (Lipinski definition) is 0. The smallest absolute Gasteiger partial charge is 0.127 e. The molecule has 86 valence electrons. The Bertz CT molecular complexity index is 386. The highest BCUT2D eigenvalue weighted by Crippen LogP contribution is 2.53. The van der Waals surface area contributed by atoms with Gasteiger partial charge in [-0.15, -0.1) is 0 Å². The molecule has 1 unspecified atom stereocenters. The summed E-state index contributed by atoms with van der Waals surface area (Å²) in [6.45, 7) is 4.03. The third kappa shape index (κ3) is 1.49. The summed E-state index contributed by atoms with van der Waals surface area (Å²) in [4.78, 5) is 0. The van der Waals surface area contributed by atoms with Crippen molar-refractivity contribution in [3.8, 4) is 0 Å². The Kier molecular flexibility index (Phi) is 2.31. The first-order valence-electron chi connectivity index (χ1n) is 6.42. The van der Waals surface area contributed by atoms with Crippen molar-refractivity contribution in [2.24, 2.45) is 11.8 Å². The third-order valence-electron chi connectivity index (χ3n) is 4.64. The van der Waals surface area contributed by atoms with Gasteiger partial charge in [-0.05, 0) is 80.0 Å². The maximum atomic E-state index is 14.0. The van der Waals surface area contributed by atoms with E-state index in [-0.39, 0.29) is 5.82 Å². The van der Waals surface area contributed by atoms with Crippen LogP contribution in [-0.2, 0) is 0 Å². The van der Waals surface area contributed by atoms with Crippen LogP contribution in [0.25, 0.3) is 0 Å². The van der Waals surface area contributed by atoms with Crippen molar-refractivity contribution in [2.75, 3.05) is 0 Å². The minimum Gasteiger partial charge on any atom is -0.207 e. The second kappa shape index (κ2) is 3.58. The van der Waals surface area contributed by atoms with E-state index in [1.165, 1.54) is 25.7 Å². The highest BCUT2D eigenvalue weighted by atomic mass is 19.1. The minimum absolute atomic E-state index is 0.0313. The standard InChI is InChI=1S/C15H19F/c1-9-5-10(2)15(14(16)6-9)13-7-11-3-4-12(11)8-13/h5-6,11-13H,3-4,7-8H2,1-2H3/t11-,12+,13?. The van der Waals surface area contributed by atoms with Gasteiger partial charge in [0.25, 0.3) is 0 Å². The van der Waals surface area contributed by atoms with Gasteiger partial charge in [0, 0.05) is 0 Å². The van der Waals surface area contributed by atoms with Gasteiger partial charge in [0.15, 0.2) is 0 Å². The Morgan fingerprint density at radius 2 is 1.69 bits per heavy atom. The summed E-state index contributed by atoms with van der Waals surface area (Å²) >= 11 is 0. The molecule has 0 spiro atoms. The summed E-state index contributed by atoms with van der Waals surface area (Å²) < 4.78 is 14.0. The highest BCUT2D eigenvalue weighted by Gasteiger charge is 2.41. The zero-order valence-electron chi connectivity index (χ0n) is 10.1. The van der Waals surface area contributed by atoms with Crippen LogP contribution in [0.15, 0.2) is 12.1 Å². The van der Waals surface area contributed by atoms with Crippen molar-refractivity contribution in [1.82, 2.24) is 0 Å². The summed E-state index contributed by atoms with van der Waals surface area (Å²) in [5, 5.41) is 0. The van der Waals surface area contributed by atoms with Gasteiger partial charge in [-0.1, -0.05) is 6.07 Å². The summed E-state index contributed by atoms with van der Waals surface area (Å²) in [6.07, 6.45) is 5.22. The van der Waals surface area contributed by atoms with Crippen molar-refractivity contribution in [3.05, 3.63) is 34.6 Å². The van der Waals surface area contributed by atoms with E-state index < -0.39 is 0 Å². The van der Waals surface area contributed by atoms with Crippen molar-refractivity contribution in [1.29, 1.82) is 0 Å². The lowest BCUT2D eigenvalue weighted by molar-refractivity contribution is 0.219. The van der Waals surface area contributed by atoms with E-state index in [1.54, 1.807) is 6.07 Å². The second-order valence-corrected chi connectivity index (χ2v) is 5.74. The van der Waals surface area contributed by atoms with Crippen LogP contribution >= 0.6 is 0 Å². The molecule has 0 bridgehead atoms. The molecular weight excluding hydrogens is 199 g/mol. The van der Waals surface area contributed by atoms with Gasteiger partial charge in [-0.25, -0.2) is 4.39 Å². The molecule has 3 rings (SSSR count).